The van der Waals surface area contributed by atoms with Crippen molar-refractivity contribution in [1.29, 1.82) is 0 Å². The molecule has 2 rings (SSSR count). The van der Waals surface area contributed by atoms with Crippen molar-refractivity contribution < 1.29 is 43.4 Å². The molecule has 8 heteroatoms. The predicted molar refractivity (Wildman–Crippen MR) is 76.4 cm³/mol. The van der Waals surface area contributed by atoms with Gasteiger partial charge in [0.15, 0.2) is 0 Å². The van der Waals surface area contributed by atoms with Gasteiger partial charge in [-0.2, -0.15) is 0 Å². The van der Waals surface area contributed by atoms with Crippen LogP contribution >= 0.6 is 11.6 Å². The van der Waals surface area contributed by atoms with E-state index in [9.17, 15) is 9.18 Å². The Hall–Kier alpha value is -1.46. The van der Waals surface area contributed by atoms with Crippen LogP contribution < -0.4 is 14.8 Å². The molecule has 0 fully saturated rings. The van der Waals surface area contributed by atoms with Gasteiger partial charge in [-0.1, -0.05) is 0 Å². The Morgan fingerprint density at radius 1 is 1.23 bits per heavy atom. The molecule has 1 heterocycles. The van der Waals surface area contributed by atoms with Crippen molar-refractivity contribution in [3.8, 4) is 11.5 Å². The van der Waals surface area contributed by atoms with E-state index in [1.54, 1.807) is 18.2 Å². The van der Waals surface area contributed by atoms with Crippen LogP contribution in [0.25, 0.3) is 0 Å². The van der Waals surface area contributed by atoms with Crippen molar-refractivity contribution in [2.75, 3.05) is 19.5 Å². The average Bonchev–Trinajstić information content (AvgIpc) is 2.49. The average molecular weight is 520 g/mol. The number of carbonyl (C=O) groups excluding carboxylic acids is 1. The van der Waals surface area contributed by atoms with Gasteiger partial charge in [-0.05, 0) is 0 Å². The molecule has 0 saturated carbocycles. The van der Waals surface area contributed by atoms with Gasteiger partial charge >= 0.3 is 147 Å². The molecule has 22 heavy (non-hydrogen) atoms. The molecule has 1 aromatic carbocycles. The summed E-state index contributed by atoms with van der Waals surface area (Å²) in [5.74, 6) is 0.552. The van der Waals surface area contributed by atoms with Crippen molar-refractivity contribution in [2.45, 2.75) is 0 Å². The number of nitrogens with zero attached hydrogens (tertiary/aromatic N) is 1. The molecule has 0 amide bonds. The summed E-state index contributed by atoms with van der Waals surface area (Å²) in [5.41, 5.74) is 0.695. The standard InChI is InChI=1S/C14H11AtClFN2O3/c1-21-8-3-7(4-9(5-8)22-2)18-14-10(12(15)20)6-11(17)13(16)19-14/h3-6H,1-2H3,(H,18,19). The van der Waals surface area contributed by atoms with Crippen LogP contribution in [0.2, 0.25) is 5.15 Å². The van der Waals surface area contributed by atoms with E-state index in [2.05, 4.69) is 10.3 Å². The molecule has 116 valence electrons. The van der Waals surface area contributed by atoms with E-state index < -0.39 is 5.82 Å². The Bertz CT molecular complexity index is 705. The van der Waals surface area contributed by atoms with Crippen LogP contribution in [0.5, 0.6) is 11.5 Å². The van der Waals surface area contributed by atoms with E-state index >= 15 is 0 Å². The van der Waals surface area contributed by atoms with Crippen molar-refractivity contribution in [3.63, 3.8) is 0 Å². The van der Waals surface area contributed by atoms with Gasteiger partial charge in [-0.25, -0.2) is 0 Å². The molecule has 0 aliphatic rings. The first-order valence-electron chi connectivity index (χ1n) is 6.00. The van der Waals surface area contributed by atoms with E-state index in [0.29, 0.717) is 17.2 Å². The molecule has 0 saturated heterocycles. The minimum atomic E-state index is -0.741. The van der Waals surface area contributed by atoms with Crippen molar-refractivity contribution >= 4 is 26.6 Å². The number of ether oxygens (including phenoxy) is 2. The van der Waals surface area contributed by atoms with Crippen LogP contribution in [0.3, 0.4) is 0 Å². The molecule has 0 aliphatic carbocycles. The number of hydrogen-bond acceptors (Lipinski definition) is 5. The molecule has 5 nitrogen and oxygen atoms in total. The van der Waals surface area contributed by atoms with E-state index in [1.165, 1.54) is 14.2 Å². The van der Waals surface area contributed by atoms with Crippen LogP contribution in [0.4, 0.5) is 15.9 Å². The molecule has 1 N–H and O–H groups in total. The Labute approximate surface area is 146 Å². The molecule has 0 radical (unpaired) electrons. The first kappa shape index (κ1) is 16.9. The Morgan fingerprint density at radius 3 is 2.32 bits per heavy atom. The monoisotopic (exact) mass is 519 g/mol. The maximum atomic E-state index is 13.5. The zero-order valence-electron chi connectivity index (χ0n) is 11.6. The number of anilines is 2. The Morgan fingerprint density at radius 2 is 1.82 bits per heavy atom. The number of carbonyl (C=O) groups is 1. The third kappa shape index (κ3) is 3.84. The van der Waals surface area contributed by atoms with Gasteiger partial charge in [-0.3, -0.25) is 0 Å². The number of pyridine rings is 1. The first-order valence-corrected chi connectivity index (χ1v) is 7.85. The molecule has 0 spiro atoms. The second-order valence-electron chi connectivity index (χ2n) is 4.16. The topological polar surface area (TPSA) is 60.5 Å². The molecule has 1 aromatic heterocycles. The van der Waals surface area contributed by atoms with Crippen LogP contribution in [-0.4, -0.2) is 22.7 Å². The number of methoxy groups -OCH3 is 2. The molecular weight excluding hydrogens is 509 g/mol. The predicted octanol–water partition coefficient (Wildman–Crippen LogP) is 3.32. The maximum absolute atomic E-state index is 13.5. The molecule has 2 aromatic rings. The van der Waals surface area contributed by atoms with Gasteiger partial charge < -0.3 is 0 Å². The summed E-state index contributed by atoms with van der Waals surface area (Å²) in [7, 11) is 3.05. The fraction of sp³-hybridized carbons (Fsp3) is 0.143. The van der Waals surface area contributed by atoms with E-state index in [-0.39, 0.29) is 20.0 Å². The molecule has 0 bridgehead atoms. The van der Waals surface area contributed by atoms with E-state index in [1.807, 2.05) is 0 Å². The Balaban J connectivity index is 2.46. The number of hydrogen-bond donors (Lipinski definition) is 1. The SMILES string of the molecule is COc1cc(Nc2nc(Cl)c(F)cc2C(=O)[At])cc(OC)c1. The van der Waals surface area contributed by atoms with Gasteiger partial charge in [0.05, 0.1) is 0 Å². The number of benzene rings is 1. The number of aromatic nitrogens is 1. The van der Waals surface area contributed by atoms with Gasteiger partial charge in [0.1, 0.15) is 0 Å². The number of nitrogens with one attached hydrogen (secondary N) is 1. The fourth-order valence-corrected chi connectivity index (χ4v) is 2.43. The quantitative estimate of drug-likeness (QED) is 0.615. The second kappa shape index (κ2) is 7.20. The van der Waals surface area contributed by atoms with Crippen molar-refractivity contribution in [2.24, 2.45) is 0 Å². The number of rotatable bonds is 5. The Kier molecular flexibility index (Phi) is 5.54. The van der Waals surface area contributed by atoms with E-state index in [4.69, 9.17) is 21.1 Å². The summed E-state index contributed by atoms with van der Waals surface area (Å²) in [6, 6.07) is 6.15. The second-order valence-corrected chi connectivity index (χ2v) is 5.85. The molecule has 0 unspecified atom stereocenters. The first-order chi connectivity index (χ1) is 10.4. The van der Waals surface area contributed by atoms with Crippen LogP contribution in [0.1, 0.15) is 10.4 Å². The zero-order valence-corrected chi connectivity index (χ0v) is 15.3. The summed E-state index contributed by atoms with van der Waals surface area (Å²) in [6.45, 7) is 0. The van der Waals surface area contributed by atoms with Crippen LogP contribution in [-0.2, 0) is 0 Å². The summed E-state index contributed by atoms with van der Waals surface area (Å²) >= 11 is 6.58. The van der Waals surface area contributed by atoms with Crippen molar-refractivity contribution in [3.05, 3.63) is 40.8 Å². The minimum absolute atomic E-state index is 0.125. The summed E-state index contributed by atoms with van der Waals surface area (Å²) in [6.07, 6.45) is 0. The van der Waals surface area contributed by atoms with Crippen LogP contribution in [0, 0.1) is 30.5 Å². The summed E-state index contributed by atoms with van der Waals surface area (Å²) in [4.78, 5) is 15.5. The number of halogens is 2. The van der Waals surface area contributed by atoms with Gasteiger partial charge in [-0.15, -0.1) is 0 Å². The van der Waals surface area contributed by atoms with Crippen molar-refractivity contribution in [1.82, 2.24) is 4.98 Å². The fourth-order valence-electron chi connectivity index (χ4n) is 1.73. The third-order valence-corrected chi connectivity index (χ3v) is 3.82. The normalized spacial score (nSPS) is 10.2. The van der Waals surface area contributed by atoms with Gasteiger partial charge in [0.2, 0.25) is 0 Å². The summed E-state index contributed by atoms with van der Waals surface area (Å²) < 4.78 is 23.5. The van der Waals surface area contributed by atoms with Crippen LogP contribution in [0.15, 0.2) is 24.3 Å². The summed E-state index contributed by atoms with van der Waals surface area (Å²) in [5, 5.41) is 2.63. The molecule has 0 atom stereocenters. The van der Waals surface area contributed by atoms with E-state index in [0.717, 1.165) is 30.8 Å². The molecular formula is C14H11AtClFN2O3. The third-order valence-electron chi connectivity index (χ3n) is 2.76. The zero-order chi connectivity index (χ0) is 16.3. The molecule has 0 aliphatic heterocycles. The van der Waals surface area contributed by atoms with Gasteiger partial charge in [0, 0.05) is 0 Å². The van der Waals surface area contributed by atoms with Gasteiger partial charge in [0.25, 0.3) is 0 Å².